The number of nitrogens with zero attached hydrogens (tertiary/aromatic N) is 2. The summed E-state index contributed by atoms with van der Waals surface area (Å²) in [5.74, 6) is -0.404. The van der Waals surface area contributed by atoms with Gasteiger partial charge >= 0.3 is 6.29 Å². The molecule has 0 saturated carbocycles. The molecule has 0 spiro atoms. The van der Waals surface area contributed by atoms with Crippen molar-refractivity contribution in [1.82, 2.24) is 9.78 Å². The highest BCUT2D eigenvalue weighted by atomic mass is 35.5. The third-order valence-corrected chi connectivity index (χ3v) is 5.79. The van der Waals surface area contributed by atoms with E-state index >= 15 is 0 Å². The van der Waals surface area contributed by atoms with E-state index < -0.39 is 6.29 Å². The minimum atomic E-state index is -3.70. The number of aromatic nitrogens is 2. The first-order chi connectivity index (χ1) is 14.8. The van der Waals surface area contributed by atoms with Crippen molar-refractivity contribution in [2.75, 3.05) is 5.32 Å². The highest BCUT2D eigenvalue weighted by Gasteiger charge is 2.43. The zero-order chi connectivity index (χ0) is 21.8. The maximum Gasteiger partial charge on any atom is 0.586 e. The minimum absolute atomic E-state index is 0.0808. The molecule has 2 aliphatic rings. The Morgan fingerprint density at radius 2 is 1.81 bits per heavy atom. The fourth-order valence-corrected chi connectivity index (χ4v) is 4.34. The molecule has 31 heavy (non-hydrogen) atoms. The molecule has 1 aliphatic heterocycles. The number of rotatable bonds is 3. The van der Waals surface area contributed by atoms with Crippen molar-refractivity contribution in [2.24, 2.45) is 7.05 Å². The van der Waals surface area contributed by atoms with Crippen LogP contribution in [0, 0.1) is 0 Å². The summed E-state index contributed by atoms with van der Waals surface area (Å²) in [7, 11) is 1.78. The third kappa shape index (κ3) is 3.61. The Morgan fingerprint density at radius 1 is 1.13 bits per heavy atom. The second-order valence-corrected chi connectivity index (χ2v) is 7.99. The van der Waals surface area contributed by atoms with Crippen LogP contribution in [-0.2, 0) is 19.9 Å². The Labute approximate surface area is 181 Å². The third-order valence-electron chi connectivity index (χ3n) is 5.48. The Bertz CT molecular complexity index is 1190. The van der Waals surface area contributed by atoms with Crippen molar-refractivity contribution < 1.29 is 23.0 Å². The number of ether oxygens (including phenoxy) is 2. The SMILES string of the molecule is Cn1nc2c(c1C(=O)Nc1ccc(-c3cc4c(cc3Cl)OC(F)(F)O4)cc1)CCCC2. The average molecular weight is 446 g/mol. The molecule has 2 aromatic carbocycles. The number of aryl methyl sites for hydroxylation is 2. The Morgan fingerprint density at radius 3 is 2.55 bits per heavy atom. The molecule has 160 valence electrons. The average Bonchev–Trinajstić information content (AvgIpc) is 3.21. The molecule has 5 rings (SSSR count). The van der Waals surface area contributed by atoms with E-state index in [4.69, 9.17) is 11.6 Å². The van der Waals surface area contributed by atoms with Crippen LogP contribution >= 0.6 is 11.6 Å². The molecule has 0 bridgehead atoms. The van der Waals surface area contributed by atoms with E-state index in [9.17, 15) is 13.6 Å². The van der Waals surface area contributed by atoms with E-state index in [1.807, 2.05) is 0 Å². The van der Waals surface area contributed by atoms with Crippen LogP contribution < -0.4 is 14.8 Å². The number of carbonyl (C=O) groups excluding carboxylic acids is 1. The number of hydrogen-bond donors (Lipinski definition) is 1. The zero-order valence-electron chi connectivity index (χ0n) is 16.5. The molecular weight excluding hydrogens is 428 g/mol. The number of anilines is 1. The monoisotopic (exact) mass is 445 g/mol. The molecule has 2 heterocycles. The van der Waals surface area contributed by atoms with Gasteiger partial charge in [0.05, 0.1) is 10.7 Å². The van der Waals surface area contributed by atoms with Gasteiger partial charge < -0.3 is 14.8 Å². The van der Waals surface area contributed by atoms with Gasteiger partial charge in [0.1, 0.15) is 5.69 Å². The largest absolute Gasteiger partial charge is 0.586 e. The van der Waals surface area contributed by atoms with Crippen molar-refractivity contribution >= 4 is 23.2 Å². The predicted molar refractivity (Wildman–Crippen MR) is 111 cm³/mol. The number of halogens is 3. The molecule has 3 aromatic rings. The summed E-state index contributed by atoms with van der Waals surface area (Å²) in [5, 5.41) is 7.63. The Balaban J connectivity index is 1.37. The van der Waals surface area contributed by atoms with Crippen LogP contribution in [-0.4, -0.2) is 22.0 Å². The predicted octanol–water partition coefficient (Wildman–Crippen LogP) is 5.19. The van der Waals surface area contributed by atoms with Crippen LogP contribution in [0.1, 0.15) is 34.6 Å². The summed E-state index contributed by atoms with van der Waals surface area (Å²) in [6.07, 6.45) is 0.186. The van der Waals surface area contributed by atoms with Gasteiger partial charge in [-0.05, 0) is 49.4 Å². The van der Waals surface area contributed by atoms with Crippen LogP contribution in [0.5, 0.6) is 11.5 Å². The first kappa shape index (κ1) is 19.8. The molecule has 1 N–H and O–H groups in total. The quantitative estimate of drug-likeness (QED) is 0.602. The first-order valence-electron chi connectivity index (χ1n) is 9.87. The van der Waals surface area contributed by atoms with Crippen LogP contribution in [0.15, 0.2) is 36.4 Å². The smallest absolute Gasteiger partial charge is 0.395 e. The minimum Gasteiger partial charge on any atom is -0.395 e. The highest BCUT2D eigenvalue weighted by Crippen LogP contribution is 2.46. The standard InChI is InChI=1S/C22H18ClF2N3O3/c1-28-20(14-4-2-3-5-17(14)27-28)21(29)26-13-8-6-12(7-9-13)15-10-18-19(11-16(15)23)31-22(24,25)30-18/h6-11H,2-5H2,1H3,(H,26,29). The van der Waals surface area contributed by atoms with Crippen LogP contribution in [0.25, 0.3) is 11.1 Å². The number of nitrogens with one attached hydrogen (secondary N) is 1. The summed E-state index contributed by atoms with van der Waals surface area (Å²) in [4.78, 5) is 12.9. The summed E-state index contributed by atoms with van der Waals surface area (Å²) in [6, 6.07) is 9.66. The van der Waals surface area contributed by atoms with E-state index in [1.54, 1.807) is 36.0 Å². The van der Waals surface area contributed by atoms with E-state index in [-0.39, 0.29) is 22.4 Å². The van der Waals surface area contributed by atoms with Gasteiger partial charge in [-0.3, -0.25) is 9.48 Å². The number of benzene rings is 2. The van der Waals surface area contributed by atoms with E-state index in [0.717, 1.165) is 36.9 Å². The lowest BCUT2D eigenvalue weighted by molar-refractivity contribution is -0.286. The fourth-order valence-electron chi connectivity index (χ4n) is 4.08. The van der Waals surface area contributed by atoms with Gasteiger partial charge in [-0.15, -0.1) is 8.78 Å². The molecule has 0 radical (unpaired) electrons. The highest BCUT2D eigenvalue weighted by molar-refractivity contribution is 6.33. The first-order valence-corrected chi connectivity index (χ1v) is 10.2. The Hall–Kier alpha value is -3.13. The van der Waals surface area contributed by atoms with Crippen molar-refractivity contribution in [2.45, 2.75) is 32.0 Å². The molecule has 0 fully saturated rings. The number of fused-ring (bicyclic) bond motifs is 2. The number of amides is 1. The van der Waals surface area contributed by atoms with E-state index in [1.165, 1.54) is 12.1 Å². The Kier molecular flexibility index (Phi) is 4.62. The molecule has 9 heteroatoms. The van der Waals surface area contributed by atoms with Gasteiger partial charge in [0.2, 0.25) is 0 Å². The summed E-state index contributed by atoms with van der Waals surface area (Å²) in [5.41, 5.74) is 4.40. The molecular formula is C22H18ClF2N3O3. The van der Waals surface area contributed by atoms with Gasteiger partial charge in [0.25, 0.3) is 5.91 Å². The van der Waals surface area contributed by atoms with Gasteiger partial charge in [0, 0.05) is 29.9 Å². The fraction of sp³-hybridized carbons (Fsp3) is 0.273. The van der Waals surface area contributed by atoms with Crippen LogP contribution in [0.2, 0.25) is 5.02 Å². The van der Waals surface area contributed by atoms with E-state index in [0.29, 0.717) is 22.5 Å². The van der Waals surface area contributed by atoms with Crippen molar-refractivity contribution in [3.05, 3.63) is 58.4 Å². The number of carbonyl (C=O) groups is 1. The van der Waals surface area contributed by atoms with Crippen molar-refractivity contribution in [3.63, 3.8) is 0 Å². The zero-order valence-corrected chi connectivity index (χ0v) is 17.3. The lowest BCUT2D eigenvalue weighted by Crippen LogP contribution is -2.25. The summed E-state index contributed by atoms with van der Waals surface area (Å²) in [6.45, 7) is 0. The van der Waals surface area contributed by atoms with E-state index in [2.05, 4.69) is 19.9 Å². The topological polar surface area (TPSA) is 65.4 Å². The van der Waals surface area contributed by atoms with Crippen molar-refractivity contribution in [1.29, 1.82) is 0 Å². The maximum absolute atomic E-state index is 13.3. The van der Waals surface area contributed by atoms with Gasteiger partial charge in [-0.1, -0.05) is 23.7 Å². The molecule has 0 atom stereocenters. The second-order valence-electron chi connectivity index (χ2n) is 7.58. The molecule has 1 amide bonds. The lowest BCUT2D eigenvalue weighted by atomic mass is 9.95. The van der Waals surface area contributed by atoms with Gasteiger partial charge in [-0.25, -0.2) is 0 Å². The molecule has 0 unspecified atom stereocenters. The molecule has 1 aliphatic carbocycles. The summed E-state index contributed by atoms with van der Waals surface area (Å²) < 4.78 is 37.2. The normalized spacial score (nSPS) is 16.1. The van der Waals surface area contributed by atoms with Gasteiger partial charge in [-0.2, -0.15) is 5.10 Å². The molecule has 0 saturated heterocycles. The maximum atomic E-state index is 13.3. The second kappa shape index (κ2) is 7.23. The summed E-state index contributed by atoms with van der Waals surface area (Å²) >= 11 is 6.25. The number of hydrogen-bond acceptors (Lipinski definition) is 4. The molecule has 1 aromatic heterocycles. The van der Waals surface area contributed by atoms with Crippen LogP contribution in [0.4, 0.5) is 14.5 Å². The number of alkyl halides is 2. The van der Waals surface area contributed by atoms with Gasteiger partial charge in [0.15, 0.2) is 11.5 Å². The lowest BCUT2D eigenvalue weighted by Gasteiger charge is -2.12. The van der Waals surface area contributed by atoms with Crippen molar-refractivity contribution in [3.8, 4) is 22.6 Å². The van der Waals surface area contributed by atoms with Crippen LogP contribution in [0.3, 0.4) is 0 Å². The molecule has 6 nitrogen and oxygen atoms in total.